The van der Waals surface area contributed by atoms with Gasteiger partial charge in [-0.3, -0.25) is 4.79 Å². The molecule has 0 radical (unpaired) electrons. The van der Waals surface area contributed by atoms with Crippen LogP contribution in [0.3, 0.4) is 0 Å². The molecule has 0 saturated carbocycles. The molecule has 1 N–H and O–H groups in total. The summed E-state index contributed by atoms with van der Waals surface area (Å²) < 4.78 is 42.4. The van der Waals surface area contributed by atoms with Gasteiger partial charge in [0.2, 0.25) is 0 Å². The molecule has 0 bridgehead atoms. The van der Waals surface area contributed by atoms with Gasteiger partial charge in [0.1, 0.15) is 5.69 Å². The van der Waals surface area contributed by atoms with Gasteiger partial charge >= 0.3 is 6.18 Å². The van der Waals surface area contributed by atoms with Crippen LogP contribution < -0.4 is 10.9 Å². The number of alkyl halides is 3. The van der Waals surface area contributed by atoms with Crippen molar-refractivity contribution in [3.05, 3.63) is 73.5 Å². The summed E-state index contributed by atoms with van der Waals surface area (Å²) in [6.07, 6.45) is -4.05. The third-order valence-electron chi connectivity index (χ3n) is 5.08. The van der Waals surface area contributed by atoms with Crippen LogP contribution in [0.25, 0.3) is 16.9 Å². The molecule has 0 aliphatic carbocycles. The van der Waals surface area contributed by atoms with E-state index in [1.165, 1.54) is 12.1 Å². The Bertz CT molecular complexity index is 1200. The molecule has 0 fully saturated rings. The number of aryl methyl sites for hydroxylation is 2. The van der Waals surface area contributed by atoms with Gasteiger partial charge in [-0.1, -0.05) is 33.1 Å². The van der Waals surface area contributed by atoms with E-state index in [-0.39, 0.29) is 11.7 Å². The lowest BCUT2D eigenvalue weighted by molar-refractivity contribution is -0.137. The summed E-state index contributed by atoms with van der Waals surface area (Å²) in [5.41, 5.74) is 2.53. The van der Waals surface area contributed by atoms with Gasteiger partial charge in [0.15, 0.2) is 0 Å². The Morgan fingerprint density at radius 2 is 1.80 bits per heavy atom. The molecule has 156 valence electrons. The second kappa shape index (κ2) is 7.27. The van der Waals surface area contributed by atoms with Crippen LogP contribution >= 0.6 is 15.9 Å². The lowest BCUT2D eigenvalue weighted by Gasteiger charge is -2.17. The van der Waals surface area contributed by atoms with Crippen LogP contribution in [0.5, 0.6) is 0 Å². The molecular weight excluding hydrogens is 459 g/mol. The Hall–Kier alpha value is -2.61. The summed E-state index contributed by atoms with van der Waals surface area (Å²) in [4.78, 5) is 13.2. The molecule has 0 spiro atoms. The highest BCUT2D eigenvalue weighted by atomic mass is 79.9. The van der Waals surface area contributed by atoms with Gasteiger partial charge in [0.25, 0.3) is 5.56 Å². The van der Waals surface area contributed by atoms with Crippen molar-refractivity contribution in [1.29, 1.82) is 0 Å². The minimum Gasteiger partial charge on any atom is -0.377 e. The molecule has 8 heteroatoms. The van der Waals surface area contributed by atoms with Gasteiger partial charge in [-0.2, -0.15) is 23.0 Å². The predicted octanol–water partition coefficient (Wildman–Crippen LogP) is 5.65. The molecule has 1 aliphatic heterocycles. The van der Waals surface area contributed by atoms with Gasteiger partial charge in [0.05, 0.1) is 16.9 Å². The van der Waals surface area contributed by atoms with Crippen molar-refractivity contribution >= 4 is 21.6 Å². The molecule has 0 saturated heterocycles. The molecule has 4 nitrogen and oxygen atoms in total. The highest BCUT2D eigenvalue weighted by Gasteiger charge is 2.36. The fourth-order valence-electron chi connectivity index (χ4n) is 3.94. The zero-order valence-electron chi connectivity index (χ0n) is 16.6. The summed E-state index contributed by atoms with van der Waals surface area (Å²) in [6.45, 7) is 5.82. The predicted molar refractivity (Wildman–Crippen MR) is 114 cm³/mol. The fourth-order valence-corrected chi connectivity index (χ4v) is 4.29. The summed E-state index contributed by atoms with van der Waals surface area (Å²) >= 11 is 3.21. The molecule has 4 rings (SSSR count). The molecule has 2 aromatic carbocycles. The maximum atomic E-state index is 13.7. The first-order chi connectivity index (χ1) is 14.0. The molecular formula is C22H19BrF3N3O. The largest absolute Gasteiger partial charge is 0.418 e. The molecule has 1 aromatic heterocycles. The Morgan fingerprint density at radius 3 is 2.43 bits per heavy atom. The third-order valence-corrected chi connectivity index (χ3v) is 5.58. The number of halogens is 4. The van der Waals surface area contributed by atoms with Crippen LogP contribution in [0.4, 0.5) is 18.9 Å². The Morgan fingerprint density at radius 1 is 1.13 bits per heavy atom. The maximum absolute atomic E-state index is 13.7. The van der Waals surface area contributed by atoms with Crippen LogP contribution in [-0.2, 0) is 12.6 Å². The number of aromatic nitrogens is 2. The smallest absolute Gasteiger partial charge is 0.377 e. The number of fused-ring (bicyclic) bond motifs is 1. The van der Waals surface area contributed by atoms with Crippen LogP contribution in [0.2, 0.25) is 0 Å². The maximum Gasteiger partial charge on any atom is 0.418 e. The lowest BCUT2D eigenvalue weighted by atomic mass is 9.99. The topological polar surface area (TPSA) is 46.9 Å². The highest BCUT2D eigenvalue weighted by Crippen LogP contribution is 2.37. The highest BCUT2D eigenvalue weighted by molar-refractivity contribution is 9.10. The first-order valence-electron chi connectivity index (χ1n) is 9.43. The van der Waals surface area contributed by atoms with Crippen molar-refractivity contribution in [2.45, 2.75) is 39.4 Å². The fraction of sp³-hybridized carbons (Fsp3) is 0.273. The normalized spacial score (nSPS) is 15.8. The minimum absolute atomic E-state index is 0.0143. The van der Waals surface area contributed by atoms with Gasteiger partial charge in [0, 0.05) is 21.6 Å². The standard InChI is InChI=1S/C22H19BrF3N3O/c1-11-6-12(2)8-14(7-11)19-16-9-13(3)27-20(16)21(30)29(28-19)18-10-15(23)4-5-17(18)22(24,25)26/h4-8,10,13,27H,9H2,1-3H3. The molecule has 3 aromatic rings. The minimum atomic E-state index is -4.63. The number of hydrogen-bond donors (Lipinski definition) is 1. The van der Waals surface area contributed by atoms with Crippen LogP contribution in [-0.4, -0.2) is 15.8 Å². The van der Waals surface area contributed by atoms with Crippen molar-refractivity contribution in [3.8, 4) is 16.9 Å². The van der Waals surface area contributed by atoms with Crippen molar-refractivity contribution in [1.82, 2.24) is 9.78 Å². The molecule has 1 aliphatic rings. The summed E-state index contributed by atoms with van der Waals surface area (Å²) in [5, 5.41) is 7.58. The Kier molecular flexibility index (Phi) is 5.00. The lowest BCUT2D eigenvalue weighted by Crippen LogP contribution is -2.27. The zero-order chi connectivity index (χ0) is 21.8. The van der Waals surface area contributed by atoms with Crippen LogP contribution in [0.15, 0.2) is 45.7 Å². The second-order valence-corrected chi connectivity index (χ2v) is 8.62. The average Bonchev–Trinajstić information content (AvgIpc) is 3.02. The third kappa shape index (κ3) is 3.64. The summed E-state index contributed by atoms with van der Waals surface area (Å²) in [6, 6.07) is 9.38. The van der Waals surface area contributed by atoms with E-state index in [4.69, 9.17) is 0 Å². The second-order valence-electron chi connectivity index (χ2n) is 7.70. The van der Waals surface area contributed by atoms with E-state index in [2.05, 4.69) is 26.3 Å². The number of anilines is 1. The summed E-state index contributed by atoms with van der Waals surface area (Å²) in [5.74, 6) is 0. The molecule has 1 atom stereocenters. The van der Waals surface area contributed by atoms with E-state index in [9.17, 15) is 18.0 Å². The number of nitrogens with zero attached hydrogens (tertiary/aromatic N) is 2. The number of nitrogens with one attached hydrogen (secondary N) is 1. The Balaban J connectivity index is 2.06. The van der Waals surface area contributed by atoms with Crippen molar-refractivity contribution in [3.63, 3.8) is 0 Å². The van der Waals surface area contributed by atoms with Crippen molar-refractivity contribution in [2.75, 3.05) is 5.32 Å². The average molecular weight is 478 g/mol. The van der Waals surface area contributed by atoms with E-state index in [0.29, 0.717) is 22.3 Å². The monoisotopic (exact) mass is 477 g/mol. The van der Waals surface area contributed by atoms with Gasteiger partial charge in [-0.05, 0) is 57.5 Å². The van der Waals surface area contributed by atoms with Crippen LogP contribution in [0, 0.1) is 13.8 Å². The van der Waals surface area contributed by atoms with E-state index >= 15 is 0 Å². The van der Waals surface area contributed by atoms with E-state index in [0.717, 1.165) is 33.0 Å². The molecule has 0 amide bonds. The zero-order valence-corrected chi connectivity index (χ0v) is 18.1. The van der Waals surface area contributed by atoms with Crippen LogP contribution in [0.1, 0.15) is 29.2 Å². The first-order valence-corrected chi connectivity index (χ1v) is 10.2. The number of hydrogen-bond acceptors (Lipinski definition) is 3. The van der Waals surface area contributed by atoms with E-state index in [1.54, 1.807) is 0 Å². The molecule has 1 unspecified atom stereocenters. The quantitative estimate of drug-likeness (QED) is 0.518. The summed E-state index contributed by atoms with van der Waals surface area (Å²) in [7, 11) is 0. The SMILES string of the molecule is Cc1cc(C)cc(-c2nn(-c3cc(Br)ccc3C(F)(F)F)c(=O)c3c2CC(C)N3)c1. The Labute approximate surface area is 179 Å². The number of rotatable bonds is 2. The van der Waals surface area contributed by atoms with Gasteiger partial charge in [-0.25, -0.2) is 0 Å². The molecule has 30 heavy (non-hydrogen) atoms. The molecule has 2 heterocycles. The number of benzene rings is 2. The van der Waals surface area contributed by atoms with E-state index < -0.39 is 17.3 Å². The van der Waals surface area contributed by atoms with Crippen molar-refractivity contribution < 1.29 is 13.2 Å². The van der Waals surface area contributed by atoms with Gasteiger partial charge < -0.3 is 5.32 Å². The van der Waals surface area contributed by atoms with Crippen molar-refractivity contribution in [2.24, 2.45) is 0 Å². The van der Waals surface area contributed by atoms with Gasteiger partial charge in [-0.15, -0.1) is 0 Å². The van der Waals surface area contributed by atoms with E-state index in [1.807, 2.05) is 39.0 Å². The first kappa shape index (κ1) is 20.7.